The van der Waals surface area contributed by atoms with Crippen molar-refractivity contribution in [3.8, 4) is 28.5 Å². The Kier molecular flexibility index (Phi) is 3.73. The number of rotatable bonds is 3. The Balaban J connectivity index is 2.00. The van der Waals surface area contributed by atoms with Crippen LogP contribution in [0.5, 0.6) is 0 Å². The molecule has 0 aliphatic rings. The van der Waals surface area contributed by atoms with Crippen LogP contribution in [0.1, 0.15) is 0 Å². The minimum Gasteiger partial charge on any atom is -0.381 e. The fraction of sp³-hybridized carbons (Fsp3) is 0.0588. The molecule has 0 spiro atoms. The van der Waals surface area contributed by atoms with Gasteiger partial charge >= 0.3 is 0 Å². The molecule has 0 amide bonds. The predicted octanol–water partition coefficient (Wildman–Crippen LogP) is 1.07. The van der Waals surface area contributed by atoms with Crippen molar-refractivity contribution in [2.24, 2.45) is 7.05 Å². The van der Waals surface area contributed by atoms with Gasteiger partial charge in [0.25, 0.3) is 5.56 Å². The standard InChI is InChI=1S/C17H14N8O/c1-24-13(26)8-7-12(23-24)15-14(11-5-3-2-4-6-11)21-16(18)17(22-15)25-10-19-9-20-25/h2-10H,1H3,(H2,18,21). The van der Waals surface area contributed by atoms with Crippen molar-refractivity contribution in [3.63, 3.8) is 0 Å². The largest absolute Gasteiger partial charge is 0.381 e. The first-order valence-electron chi connectivity index (χ1n) is 7.76. The van der Waals surface area contributed by atoms with Gasteiger partial charge in [-0.2, -0.15) is 14.9 Å². The molecule has 0 unspecified atom stereocenters. The van der Waals surface area contributed by atoms with Gasteiger partial charge in [-0.3, -0.25) is 4.79 Å². The van der Waals surface area contributed by atoms with Crippen LogP contribution in [0.25, 0.3) is 28.5 Å². The minimum atomic E-state index is -0.213. The van der Waals surface area contributed by atoms with E-state index in [1.165, 1.54) is 28.1 Å². The Bertz CT molecular complexity index is 1120. The van der Waals surface area contributed by atoms with Crippen molar-refractivity contribution in [2.75, 3.05) is 5.73 Å². The van der Waals surface area contributed by atoms with Gasteiger partial charge in [0, 0.05) is 18.7 Å². The number of benzene rings is 1. The number of nitrogen functional groups attached to an aromatic ring is 1. The molecule has 4 rings (SSSR count). The van der Waals surface area contributed by atoms with Gasteiger partial charge in [-0.25, -0.2) is 19.6 Å². The summed E-state index contributed by atoms with van der Waals surface area (Å²) in [6.07, 6.45) is 2.87. The molecule has 2 N–H and O–H groups in total. The smallest absolute Gasteiger partial charge is 0.266 e. The second kappa shape index (κ2) is 6.20. The highest BCUT2D eigenvalue weighted by molar-refractivity contribution is 5.78. The number of hydrogen-bond acceptors (Lipinski definition) is 7. The zero-order chi connectivity index (χ0) is 18.1. The third-order valence-electron chi connectivity index (χ3n) is 3.79. The molecular formula is C17H14N8O. The Morgan fingerprint density at radius 1 is 1.00 bits per heavy atom. The lowest BCUT2D eigenvalue weighted by Crippen LogP contribution is -2.19. The van der Waals surface area contributed by atoms with Gasteiger partial charge in [0.15, 0.2) is 11.6 Å². The van der Waals surface area contributed by atoms with Gasteiger partial charge in [0.1, 0.15) is 29.7 Å². The van der Waals surface area contributed by atoms with Crippen molar-refractivity contribution in [3.05, 3.63) is 65.5 Å². The highest BCUT2D eigenvalue weighted by Gasteiger charge is 2.18. The van der Waals surface area contributed by atoms with Crippen molar-refractivity contribution >= 4 is 5.82 Å². The molecule has 4 aromatic rings. The van der Waals surface area contributed by atoms with Crippen molar-refractivity contribution in [1.29, 1.82) is 0 Å². The molecule has 3 aromatic heterocycles. The number of nitrogens with two attached hydrogens (primary N) is 1. The quantitative estimate of drug-likeness (QED) is 0.589. The number of hydrogen-bond donors (Lipinski definition) is 1. The molecule has 0 saturated carbocycles. The van der Waals surface area contributed by atoms with E-state index >= 15 is 0 Å². The fourth-order valence-electron chi connectivity index (χ4n) is 2.53. The Labute approximate surface area is 147 Å². The summed E-state index contributed by atoms with van der Waals surface area (Å²) in [4.78, 5) is 24.8. The third-order valence-corrected chi connectivity index (χ3v) is 3.79. The summed E-state index contributed by atoms with van der Waals surface area (Å²) in [5.74, 6) is 0.552. The lowest BCUT2D eigenvalue weighted by molar-refractivity contribution is 0.710. The predicted molar refractivity (Wildman–Crippen MR) is 95.3 cm³/mol. The first-order valence-corrected chi connectivity index (χ1v) is 7.76. The average molecular weight is 346 g/mol. The molecule has 1 aromatic carbocycles. The zero-order valence-electron chi connectivity index (χ0n) is 13.8. The third kappa shape index (κ3) is 2.71. The van der Waals surface area contributed by atoms with E-state index in [9.17, 15) is 4.79 Å². The van der Waals surface area contributed by atoms with E-state index < -0.39 is 0 Å². The summed E-state index contributed by atoms with van der Waals surface area (Å²) < 4.78 is 2.68. The lowest BCUT2D eigenvalue weighted by Gasteiger charge is -2.12. The molecule has 0 fully saturated rings. The summed E-state index contributed by atoms with van der Waals surface area (Å²) >= 11 is 0. The van der Waals surface area contributed by atoms with E-state index in [1.807, 2.05) is 30.3 Å². The Hall–Kier alpha value is -3.88. The molecule has 0 bridgehead atoms. The van der Waals surface area contributed by atoms with Crippen molar-refractivity contribution in [2.45, 2.75) is 0 Å². The van der Waals surface area contributed by atoms with Crippen LogP contribution in [-0.4, -0.2) is 34.5 Å². The number of nitrogens with zero attached hydrogens (tertiary/aromatic N) is 7. The van der Waals surface area contributed by atoms with E-state index in [1.54, 1.807) is 13.1 Å². The zero-order valence-corrected chi connectivity index (χ0v) is 13.8. The van der Waals surface area contributed by atoms with Gasteiger partial charge < -0.3 is 5.73 Å². The number of aromatic nitrogens is 7. The second-order valence-corrected chi connectivity index (χ2v) is 5.52. The molecule has 0 atom stereocenters. The first-order chi connectivity index (χ1) is 12.6. The highest BCUT2D eigenvalue weighted by atomic mass is 16.1. The van der Waals surface area contributed by atoms with E-state index in [4.69, 9.17) is 5.73 Å². The van der Waals surface area contributed by atoms with E-state index in [-0.39, 0.29) is 11.4 Å². The van der Waals surface area contributed by atoms with E-state index in [0.29, 0.717) is 22.9 Å². The minimum absolute atomic E-state index is 0.211. The molecule has 3 heterocycles. The summed E-state index contributed by atoms with van der Waals surface area (Å²) in [5.41, 5.74) is 8.30. The fourth-order valence-corrected chi connectivity index (χ4v) is 2.53. The van der Waals surface area contributed by atoms with Crippen LogP contribution in [0.4, 0.5) is 5.82 Å². The molecular weight excluding hydrogens is 332 g/mol. The maximum Gasteiger partial charge on any atom is 0.266 e. The monoisotopic (exact) mass is 346 g/mol. The molecule has 0 aliphatic carbocycles. The van der Waals surface area contributed by atoms with Crippen LogP contribution in [0.15, 0.2) is 59.9 Å². The summed E-state index contributed by atoms with van der Waals surface area (Å²) in [6, 6.07) is 12.6. The molecule has 0 radical (unpaired) electrons. The lowest BCUT2D eigenvalue weighted by atomic mass is 10.1. The first kappa shape index (κ1) is 15.6. The normalized spacial score (nSPS) is 10.8. The molecule has 0 saturated heterocycles. The summed E-state index contributed by atoms with van der Waals surface area (Å²) in [6.45, 7) is 0. The summed E-state index contributed by atoms with van der Waals surface area (Å²) in [5, 5.41) is 8.36. The maximum atomic E-state index is 11.7. The van der Waals surface area contributed by atoms with Crippen LogP contribution in [0.2, 0.25) is 0 Å². The molecule has 0 aliphatic heterocycles. The van der Waals surface area contributed by atoms with E-state index in [0.717, 1.165) is 5.56 Å². The van der Waals surface area contributed by atoms with Gasteiger partial charge in [-0.05, 0) is 6.07 Å². The topological polar surface area (TPSA) is 117 Å². The number of aryl methyl sites for hydroxylation is 1. The molecule has 9 nitrogen and oxygen atoms in total. The van der Waals surface area contributed by atoms with Gasteiger partial charge in [0.2, 0.25) is 0 Å². The van der Waals surface area contributed by atoms with Gasteiger partial charge in [-0.1, -0.05) is 30.3 Å². The average Bonchev–Trinajstić information content (AvgIpc) is 3.19. The Morgan fingerprint density at radius 2 is 1.81 bits per heavy atom. The van der Waals surface area contributed by atoms with Crippen LogP contribution in [0, 0.1) is 0 Å². The van der Waals surface area contributed by atoms with Crippen LogP contribution in [0.3, 0.4) is 0 Å². The van der Waals surface area contributed by atoms with Crippen LogP contribution >= 0.6 is 0 Å². The molecule has 9 heteroatoms. The highest BCUT2D eigenvalue weighted by Crippen LogP contribution is 2.30. The summed E-state index contributed by atoms with van der Waals surface area (Å²) in [7, 11) is 1.58. The van der Waals surface area contributed by atoms with Crippen molar-refractivity contribution < 1.29 is 0 Å². The van der Waals surface area contributed by atoms with E-state index in [2.05, 4.69) is 25.1 Å². The van der Waals surface area contributed by atoms with Gasteiger partial charge in [-0.15, -0.1) is 0 Å². The number of anilines is 1. The van der Waals surface area contributed by atoms with Crippen LogP contribution in [-0.2, 0) is 7.05 Å². The van der Waals surface area contributed by atoms with Crippen molar-refractivity contribution in [1.82, 2.24) is 34.5 Å². The molecule has 26 heavy (non-hydrogen) atoms. The maximum absolute atomic E-state index is 11.7. The second-order valence-electron chi connectivity index (χ2n) is 5.52. The molecule has 128 valence electrons. The van der Waals surface area contributed by atoms with Gasteiger partial charge in [0.05, 0.1) is 0 Å². The Morgan fingerprint density at radius 3 is 2.50 bits per heavy atom. The SMILES string of the molecule is Cn1nc(-c2nc(-n3cncn3)c(N)nc2-c2ccccc2)ccc1=O. The van der Waals surface area contributed by atoms with Crippen LogP contribution < -0.4 is 11.3 Å².